The molecule has 0 fully saturated rings. The molecule has 0 amide bonds. The van der Waals surface area contributed by atoms with E-state index in [9.17, 15) is 0 Å². The molecule has 6 aromatic rings. The van der Waals surface area contributed by atoms with Gasteiger partial charge in [-0.3, -0.25) is 0 Å². The molecule has 1 unspecified atom stereocenters. The number of aromatic nitrogens is 6. The second kappa shape index (κ2) is 8.28. The van der Waals surface area contributed by atoms with Crippen molar-refractivity contribution >= 4 is 39.6 Å². The molecule has 8 heteroatoms. The number of H-pyrrole nitrogens is 2. The smallest absolute Gasteiger partial charge is 0.178 e. The third-order valence-corrected chi connectivity index (χ3v) is 6.23. The van der Waals surface area contributed by atoms with E-state index in [1.54, 1.807) is 0 Å². The lowest BCUT2D eigenvalue weighted by atomic mass is 9.88. The molecule has 7 nitrogen and oxygen atoms in total. The maximum absolute atomic E-state index is 6.46. The van der Waals surface area contributed by atoms with Gasteiger partial charge in [-0.15, -0.1) is 5.10 Å². The average molecular weight is 466 g/mol. The second-order valence-corrected chi connectivity index (χ2v) is 8.65. The quantitative estimate of drug-likeness (QED) is 0.311. The summed E-state index contributed by atoms with van der Waals surface area (Å²) in [7, 11) is 0. The lowest BCUT2D eigenvalue weighted by Gasteiger charge is -2.17. The van der Waals surface area contributed by atoms with Crippen LogP contribution >= 0.6 is 11.6 Å². The van der Waals surface area contributed by atoms with Gasteiger partial charge in [0.05, 0.1) is 11.0 Å². The highest BCUT2D eigenvalue weighted by atomic mass is 35.5. The van der Waals surface area contributed by atoms with Crippen molar-refractivity contribution in [3.63, 3.8) is 0 Å². The summed E-state index contributed by atoms with van der Waals surface area (Å²) in [4.78, 5) is 12.8. The zero-order valence-corrected chi connectivity index (χ0v) is 18.8. The van der Waals surface area contributed by atoms with Gasteiger partial charge in [0.2, 0.25) is 0 Å². The highest BCUT2D eigenvalue weighted by Crippen LogP contribution is 2.35. The van der Waals surface area contributed by atoms with Crippen LogP contribution in [0, 0.1) is 0 Å². The molecule has 0 saturated heterocycles. The van der Waals surface area contributed by atoms with E-state index in [4.69, 9.17) is 22.3 Å². The average Bonchev–Trinajstić information content (AvgIpc) is 3.49. The van der Waals surface area contributed by atoms with Crippen LogP contribution in [0.1, 0.15) is 22.9 Å². The van der Waals surface area contributed by atoms with E-state index in [0.717, 1.165) is 39.1 Å². The van der Waals surface area contributed by atoms with Crippen LogP contribution in [0.5, 0.6) is 0 Å². The van der Waals surface area contributed by atoms with Crippen LogP contribution < -0.4 is 5.73 Å². The van der Waals surface area contributed by atoms with Gasteiger partial charge in [0.15, 0.2) is 5.65 Å². The summed E-state index contributed by atoms with van der Waals surface area (Å²) in [6.45, 7) is 0. The van der Waals surface area contributed by atoms with Crippen molar-refractivity contribution in [2.24, 2.45) is 0 Å². The number of imidazole rings is 1. The van der Waals surface area contributed by atoms with Gasteiger partial charge in [-0.2, -0.15) is 0 Å². The first kappa shape index (κ1) is 20.4. The number of rotatable bonds is 5. The van der Waals surface area contributed by atoms with Crippen molar-refractivity contribution in [2.75, 3.05) is 5.73 Å². The third kappa shape index (κ3) is 3.66. The van der Waals surface area contributed by atoms with Crippen molar-refractivity contribution < 1.29 is 0 Å². The van der Waals surface area contributed by atoms with Gasteiger partial charge in [0.1, 0.15) is 17.2 Å². The second-order valence-electron chi connectivity index (χ2n) is 8.21. The fourth-order valence-electron chi connectivity index (χ4n) is 4.50. The van der Waals surface area contributed by atoms with E-state index < -0.39 is 0 Å². The number of nitrogen functional groups attached to an aromatic ring is 1. The molecule has 34 heavy (non-hydrogen) atoms. The molecular weight excluding hydrogens is 446 g/mol. The Morgan fingerprint density at radius 1 is 0.882 bits per heavy atom. The number of anilines is 1. The molecule has 0 aliphatic rings. The van der Waals surface area contributed by atoms with Gasteiger partial charge >= 0.3 is 0 Å². The molecule has 0 spiro atoms. The Morgan fingerprint density at radius 2 is 1.65 bits per heavy atom. The van der Waals surface area contributed by atoms with Crippen LogP contribution in [-0.4, -0.2) is 30.4 Å². The first-order chi connectivity index (χ1) is 16.7. The lowest BCUT2D eigenvalue weighted by Crippen LogP contribution is -2.08. The Balaban J connectivity index is 1.49. The van der Waals surface area contributed by atoms with Crippen LogP contribution in [0.15, 0.2) is 78.9 Å². The topological polar surface area (TPSA) is 109 Å². The van der Waals surface area contributed by atoms with E-state index in [2.05, 4.69) is 49.6 Å². The van der Waals surface area contributed by atoms with Gasteiger partial charge in [-0.1, -0.05) is 77.5 Å². The molecule has 3 heterocycles. The Kier molecular flexibility index (Phi) is 4.96. The number of pyridine rings is 1. The minimum absolute atomic E-state index is 0.0599. The molecule has 166 valence electrons. The van der Waals surface area contributed by atoms with Crippen molar-refractivity contribution in [2.45, 2.75) is 12.3 Å². The van der Waals surface area contributed by atoms with E-state index in [0.29, 0.717) is 28.4 Å². The van der Waals surface area contributed by atoms with Crippen molar-refractivity contribution in [3.8, 4) is 11.1 Å². The van der Waals surface area contributed by atoms with Gasteiger partial charge < -0.3 is 10.7 Å². The molecule has 0 radical (unpaired) electrons. The number of benzene rings is 3. The first-order valence-corrected chi connectivity index (χ1v) is 11.3. The largest absolute Gasteiger partial charge is 0.384 e. The number of nitrogens with two attached hydrogens (primary N) is 1. The Hall–Kier alpha value is -4.23. The number of nitrogens with one attached hydrogen (secondary N) is 2. The zero-order valence-electron chi connectivity index (χ0n) is 18.0. The highest BCUT2D eigenvalue weighted by Gasteiger charge is 2.23. The van der Waals surface area contributed by atoms with E-state index in [-0.39, 0.29) is 5.92 Å². The summed E-state index contributed by atoms with van der Waals surface area (Å²) in [6.07, 6.45) is 0.607. The summed E-state index contributed by atoms with van der Waals surface area (Å²) in [6, 6.07) is 26.1. The number of fused-ring (bicyclic) bond motifs is 2. The van der Waals surface area contributed by atoms with E-state index >= 15 is 0 Å². The monoisotopic (exact) mass is 465 g/mol. The summed E-state index contributed by atoms with van der Waals surface area (Å²) in [5.74, 6) is 1.20. The number of hydrogen-bond donors (Lipinski definition) is 3. The SMILES string of the molecule is Nc1cc(C(Cc2nc3c(-c4ccccc4)cc(Cl)cc3[nH]2)c2ccccc2)c2nn[nH]c2n1. The van der Waals surface area contributed by atoms with Gasteiger partial charge in [-0.25, -0.2) is 15.1 Å². The molecule has 4 N–H and O–H groups in total. The van der Waals surface area contributed by atoms with Crippen LogP contribution in [-0.2, 0) is 6.42 Å². The predicted octanol–water partition coefficient (Wildman–Crippen LogP) is 5.51. The molecule has 0 bridgehead atoms. The molecule has 0 aliphatic heterocycles. The van der Waals surface area contributed by atoms with Crippen molar-refractivity contribution in [3.05, 3.63) is 101 Å². The van der Waals surface area contributed by atoms with E-state index in [1.807, 2.05) is 54.6 Å². The van der Waals surface area contributed by atoms with E-state index in [1.165, 1.54) is 0 Å². The summed E-state index contributed by atoms with van der Waals surface area (Å²) < 4.78 is 0. The zero-order chi connectivity index (χ0) is 23.1. The number of nitrogens with zero attached hydrogens (tertiary/aromatic N) is 4. The van der Waals surface area contributed by atoms with Crippen LogP contribution in [0.25, 0.3) is 33.3 Å². The Morgan fingerprint density at radius 3 is 2.44 bits per heavy atom. The van der Waals surface area contributed by atoms with Crippen molar-refractivity contribution in [1.29, 1.82) is 0 Å². The normalized spacial score (nSPS) is 12.4. The maximum Gasteiger partial charge on any atom is 0.178 e. The predicted molar refractivity (Wildman–Crippen MR) is 135 cm³/mol. The minimum atomic E-state index is -0.0599. The van der Waals surface area contributed by atoms with Crippen LogP contribution in [0.4, 0.5) is 5.82 Å². The molecule has 3 aromatic carbocycles. The lowest BCUT2D eigenvalue weighted by molar-refractivity contribution is 0.771. The van der Waals surface area contributed by atoms with Crippen LogP contribution in [0.3, 0.4) is 0 Å². The first-order valence-electron chi connectivity index (χ1n) is 10.9. The minimum Gasteiger partial charge on any atom is -0.384 e. The van der Waals surface area contributed by atoms with Crippen LogP contribution in [0.2, 0.25) is 5.02 Å². The standard InChI is InChI=1S/C26H20ClN7/c27-17-11-19(16-9-5-2-6-10-16)24-21(12-17)29-23(31-24)14-18(15-7-3-1-4-8-15)20-13-22(28)30-26-25(20)32-34-33-26/h1-13,18H,14H2,(H,29,31)(H3,28,30,32,33,34). The van der Waals surface area contributed by atoms with Gasteiger partial charge in [0, 0.05) is 22.9 Å². The molecule has 3 aromatic heterocycles. The third-order valence-electron chi connectivity index (χ3n) is 6.01. The molecule has 1 atom stereocenters. The fourth-order valence-corrected chi connectivity index (χ4v) is 4.72. The molecule has 0 saturated carbocycles. The number of halogens is 1. The Bertz CT molecular complexity index is 1610. The molecule has 6 rings (SSSR count). The van der Waals surface area contributed by atoms with Gasteiger partial charge in [-0.05, 0) is 34.9 Å². The Labute approximate surface area is 200 Å². The number of aromatic amines is 2. The summed E-state index contributed by atoms with van der Waals surface area (Å²) in [5.41, 5.74) is 13.3. The summed E-state index contributed by atoms with van der Waals surface area (Å²) >= 11 is 6.46. The molecular formula is C26H20ClN7. The maximum atomic E-state index is 6.46. The van der Waals surface area contributed by atoms with Crippen molar-refractivity contribution in [1.82, 2.24) is 30.4 Å². The summed E-state index contributed by atoms with van der Waals surface area (Å²) in [5, 5.41) is 11.7. The highest BCUT2D eigenvalue weighted by molar-refractivity contribution is 6.31. The fraction of sp³-hybridized carbons (Fsp3) is 0.0769. The van der Waals surface area contributed by atoms with Gasteiger partial charge in [0.25, 0.3) is 0 Å². The number of hydrogen-bond acceptors (Lipinski definition) is 5. The molecule has 0 aliphatic carbocycles.